The number of nitrogens with one attached hydrogen (secondary N) is 1. The van der Waals surface area contributed by atoms with E-state index in [2.05, 4.69) is 44.0 Å². The Bertz CT molecular complexity index is 1870. The number of rotatable bonds is 8. The smallest absolute Gasteiger partial charge is 0.319 e. The minimum Gasteiger partial charge on any atom is -0.508 e. The van der Waals surface area contributed by atoms with Crippen molar-refractivity contribution in [2.75, 3.05) is 84.5 Å². The summed E-state index contributed by atoms with van der Waals surface area (Å²) in [5.41, 5.74) is 1.14. The van der Waals surface area contributed by atoms with Crippen molar-refractivity contribution in [2.24, 2.45) is 0 Å². The number of carbonyl (C=O) groups excluding carboxylic acids is 1. The van der Waals surface area contributed by atoms with Gasteiger partial charge in [-0.3, -0.25) is 4.90 Å². The number of halogens is 1. The molecular formula is C38H47FN8O3. The number of carbonyl (C=O) groups is 1. The number of likely N-dealkylation sites (tertiary alicyclic amines) is 1. The highest BCUT2D eigenvalue weighted by atomic mass is 19.1. The number of hydrogen-bond donors (Lipinski definition) is 2. The minimum absolute atomic E-state index is 0.00226. The number of nitrogens with zero attached hydrogens (tertiary/aromatic N) is 7. The molecule has 4 aromatic rings. The zero-order chi connectivity index (χ0) is 34.4. The molecule has 0 radical (unpaired) electrons. The number of amides is 2. The highest BCUT2D eigenvalue weighted by Crippen LogP contribution is 2.40. The van der Waals surface area contributed by atoms with Gasteiger partial charge in [0.25, 0.3) is 0 Å². The molecule has 5 heterocycles. The zero-order valence-corrected chi connectivity index (χ0v) is 29.0. The number of aromatic hydroxyl groups is 1. The molecule has 50 heavy (non-hydrogen) atoms. The molecule has 4 aliphatic rings. The molecule has 0 spiro atoms. The molecule has 2 bridgehead atoms. The number of phenols is 1. The van der Waals surface area contributed by atoms with Crippen LogP contribution in [0.1, 0.15) is 25.7 Å². The predicted molar refractivity (Wildman–Crippen MR) is 193 cm³/mol. The summed E-state index contributed by atoms with van der Waals surface area (Å²) in [6.07, 6.45) is 3.97. The third kappa shape index (κ3) is 6.40. The van der Waals surface area contributed by atoms with Crippen LogP contribution in [0.25, 0.3) is 32.8 Å². The first-order chi connectivity index (χ1) is 24.3. The van der Waals surface area contributed by atoms with Crippen LogP contribution in [0.5, 0.6) is 11.8 Å². The SMILES string of the molecule is CN1CCN(CCNC(=O)N2[C@@H]3CC[C@H]2CN(c2nc(OCC4CCCN4C)nc4c(F)c(-c5cc(O)cc6ccccc56)ccc24)C3)CC1. The Morgan fingerprint density at radius 1 is 0.940 bits per heavy atom. The maximum atomic E-state index is 16.8. The van der Waals surface area contributed by atoms with E-state index in [1.165, 1.54) is 0 Å². The second kappa shape index (κ2) is 13.8. The molecule has 4 saturated heterocycles. The lowest BCUT2D eigenvalue weighted by Crippen LogP contribution is -2.59. The fourth-order valence-corrected chi connectivity index (χ4v) is 8.41. The van der Waals surface area contributed by atoms with E-state index in [1.807, 2.05) is 35.2 Å². The van der Waals surface area contributed by atoms with Gasteiger partial charge in [0, 0.05) is 69.3 Å². The summed E-state index contributed by atoms with van der Waals surface area (Å²) in [4.78, 5) is 34.3. The topological polar surface area (TPSA) is 101 Å². The Morgan fingerprint density at radius 2 is 1.72 bits per heavy atom. The average Bonchev–Trinajstić information content (AvgIpc) is 3.65. The van der Waals surface area contributed by atoms with Gasteiger partial charge in [-0.2, -0.15) is 9.97 Å². The first-order valence-corrected chi connectivity index (χ1v) is 18.1. The lowest BCUT2D eigenvalue weighted by molar-refractivity contribution is 0.146. The maximum absolute atomic E-state index is 16.8. The van der Waals surface area contributed by atoms with Gasteiger partial charge in [0.1, 0.15) is 23.7 Å². The molecule has 1 aromatic heterocycles. The van der Waals surface area contributed by atoms with Crippen molar-refractivity contribution in [3.63, 3.8) is 0 Å². The van der Waals surface area contributed by atoms with Gasteiger partial charge in [0.2, 0.25) is 0 Å². The van der Waals surface area contributed by atoms with E-state index in [0.717, 1.165) is 75.7 Å². The second-order valence-corrected chi connectivity index (χ2v) is 14.5. The van der Waals surface area contributed by atoms with Crippen molar-refractivity contribution in [3.8, 4) is 22.9 Å². The van der Waals surface area contributed by atoms with E-state index in [4.69, 9.17) is 9.72 Å². The summed E-state index contributed by atoms with van der Waals surface area (Å²) >= 11 is 0. The third-order valence-corrected chi connectivity index (χ3v) is 11.3. The molecule has 0 aliphatic carbocycles. The standard InChI is InChI=1S/C38H47FN8O3/c1-43-16-18-45(19-17-43)15-13-40-38(49)47-26-9-10-27(47)23-46(22-26)36-32-12-11-31(33-21-29(48)20-25-6-3-4-8-30(25)33)34(39)35(32)41-37(42-36)50-24-28-7-5-14-44(28)2/h3-4,6,8,11-12,20-21,26-28,48H,5,7,9-10,13-19,22-24H2,1-2H3,(H,40,49)/t26-,27+,28?. The number of piperazine rings is 2. The van der Waals surface area contributed by atoms with Gasteiger partial charge in [0.05, 0.1) is 12.1 Å². The van der Waals surface area contributed by atoms with E-state index in [1.54, 1.807) is 18.2 Å². The Morgan fingerprint density at radius 3 is 2.48 bits per heavy atom. The second-order valence-electron chi connectivity index (χ2n) is 14.5. The molecule has 2 N–H and O–H groups in total. The Hall–Kier alpha value is -4.26. The molecule has 2 amide bonds. The summed E-state index contributed by atoms with van der Waals surface area (Å²) in [6, 6.07) is 15.1. The Kier molecular flexibility index (Phi) is 9.09. The van der Waals surface area contributed by atoms with Crippen molar-refractivity contribution in [3.05, 3.63) is 54.3 Å². The number of aromatic nitrogens is 2. The first kappa shape index (κ1) is 32.9. The van der Waals surface area contributed by atoms with Crippen molar-refractivity contribution >= 4 is 33.5 Å². The van der Waals surface area contributed by atoms with Crippen LogP contribution < -0.4 is 15.0 Å². The quantitative estimate of drug-likeness (QED) is 0.281. The van der Waals surface area contributed by atoms with E-state index < -0.39 is 5.82 Å². The molecule has 4 aliphatic heterocycles. The number of hydrogen-bond acceptors (Lipinski definition) is 9. The van der Waals surface area contributed by atoms with Crippen LogP contribution in [0, 0.1) is 5.82 Å². The fraction of sp³-hybridized carbons (Fsp3) is 0.500. The number of benzene rings is 3. The number of urea groups is 1. The highest BCUT2D eigenvalue weighted by Gasteiger charge is 2.43. The lowest BCUT2D eigenvalue weighted by atomic mass is 9.96. The van der Waals surface area contributed by atoms with Crippen molar-refractivity contribution in [1.29, 1.82) is 0 Å². The van der Waals surface area contributed by atoms with Crippen molar-refractivity contribution < 1.29 is 19.0 Å². The van der Waals surface area contributed by atoms with Gasteiger partial charge in [0.15, 0.2) is 5.82 Å². The third-order valence-electron chi connectivity index (χ3n) is 11.3. The van der Waals surface area contributed by atoms with E-state index in [-0.39, 0.29) is 41.4 Å². The fourth-order valence-electron chi connectivity index (χ4n) is 8.41. The van der Waals surface area contributed by atoms with Crippen LogP contribution in [0.15, 0.2) is 48.5 Å². The molecule has 4 fully saturated rings. The molecule has 12 heteroatoms. The molecule has 1 unspecified atom stereocenters. The van der Waals surface area contributed by atoms with Crippen molar-refractivity contribution in [2.45, 2.75) is 43.8 Å². The normalized spacial score (nSPS) is 23.3. The highest BCUT2D eigenvalue weighted by molar-refractivity contribution is 6.01. The Labute approximate surface area is 292 Å². The van der Waals surface area contributed by atoms with Crippen LogP contribution in [-0.4, -0.2) is 138 Å². The Balaban J connectivity index is 1.08. The van der Waals surface area contributed by atoms with Gasteiger partial charge in [-0.05, 0) is 80.9 Å². The van der Waals surface area contributed by atoms with Gasteiger partial charge in [-0.25, -0.2) is 9.18 Å². The predicted octanol–water partition coefficient (Wildman–Crippen LogP) is 4.38. The maximum Gasteiger partial charge on any atom is 0.319 e. The van der Waals surface area contributed by atoms with Crippen LogP contribution in [-0.2, 0) is 0 Å². The summed E-state index contributed by atoms with van der Waals surface area (Å²) in [7, 11) is 4.24. The van der Waals surface area contributed by atoms with Crippen LogP contribution in [0.4, 0.5) is 15.0 Å². The summed E-state index contributed by atoms with van der Waals surface area (Å²) in [5, 5.41) is 16.0. The van der Waals surface area contributed by atoms with E-state index in [0.29, 0.717) is 48.6 Å². The average molecular weight is 683 g/mol. The lowest BCUT2D eigenvalue weighted by Gasteiger charge is -2.42. The number of phenolic OH excluding ortho intramolecular Hbond substituents is 1. The van der Waals surface area contributed by atoms with Crippen molar-refractivity contribution in [1.82, 2.24) is 34.9 Å². The van der Waals surface area contributed by atoms with E-state index >= 15 is 4.39 Å². The molecule has 8 rings (SSSR count). The number of ether oxygens (including phenoxy) is 1. The minimum atomic E-state index is -0.480. The summed E-state index contributed by atoms with van der Waals surface area (Å²) < 4.78 is 23.1. The van der Waals surface area contributed by atoms with Gasteiger partial charge in [-0.1, -0.05) is 30.3 Å². The first-order valence-electron chi connectivity index (χ1n) is 18.1. The molecule has 3 atom stereocenters. The summed E-state index contributed by atoms with van der Waals surface area (Å²) in [6.45, 7) is 8.29. The number of fused-ring (bicyclic) bond motifs is 4. The zero-order valence-electron chi connectivity index (χ0n) is 29.0. The molecule has 264 valence electrons. The van der Waals surface area contributed by atoms with E-state index in [9.17, 15) is 9.90 Å². The monoisotopic (exact) mass is 682 g/mol. The molecular weight excluding hydrogens is 635 g/mol. The van der Waals surface area contributed by atoms with Gasteiger partial charge < -0.3 is 34.8 Å². The van der Waals surface area contributed by atoms with Crippen LogP contribution in [0.3, 0.4) is 0 Å². The number of anilines is 1. The molecule has 3 aromatic carbocycles. The van der Waals surface area contributed by atoms with Crippen LogP contribution in [0.2, 0.25) is 0 Å². The van der Waals surface area contributed by atoms with Crippen LogP contribution >= 0.6 is 0 Å². The summed E-state index contributed by atoms with van der Waals surface area (Å²) in [5.74, 6) is 0.220. The molecule has 0 saturated carbocycles. The van der Waals surface area contributed by atoms with Gasteiger partial charge in [-0.15, -0.1) is 0 Å². The van der Waals surface area contributed by atoms with Gasteiger partial charge >= 0.3 is 12.0 Å². The largest absolute Gasteiger partial charge is 0.508 e. The molecule has 11 nitrogen and oxygen atoms in total. The number of likely N-dealkylation sites (N-methyl/N-ethyl adjacent to an activating group) is 2.